The number of aryl methyl sites for hydroxylation is 1. The number of hydrogen-bond acceptors (Lipinski definition) is 5. The number of alkyl halides is 6. The largest absolute Gasteiger partial charge is 0.416 e. The van der Waals surface area contributed by atoms with Gasteiger partial charge >= 0.3 is 18.4 Å². The predicted octanol–water partition coefficient (Wildman–Crippen LogP) is 4.53. The number of aliphatic hydroxyl groups is 3. The van der Waals surface area contributed by atoms with Crippen molar-refractivity contribution in [3.8, 4) is 0 Å². The average Bonchev–Trinajstić information content (AvgIpc) is 3.23. The Hall–Kier alpha value is -3.36. The average molecular weight is 632 g/mol. The predicted molar refractivity (Wildman–Crippen MR) is 146 cm³/mol. The van der Waals surface area contributed by atoms with Crippen LogP contribution in [0, 0.1) is 12.3 Å². The van der Waals surface area contributed by atoms with Gasteiger partial charge < -0.3 is 30.0 Å². The van der Waals surface area contributed by atoms with Crippen LogP contribution in [-0.2, 0) is 17.1 Å². The fourth-order valence-electron chi connectivity index (χ4n) is 6.60. The molecule has 0 spiro atoms. The zero-order valence-corrected chi connectivity index (χ0v) is 24.2. The molecule has 0 saturated carbocycles. The molecule has 4 rings (SSSR count). The minimum Gasteiger partial charge on any atom is -0.396 e. The number of amides is 3. The molecular formula is C30H35F6N3O5. The van der Waals surface area contributed by atoms with Crippen LogP contribution in [0.2, 0.25) is 0 Å². The number of benzene rings is 2. The fourth-order valence-corrected chi connectivity index (χ4v) is 6.60. The van der Waals surface area contributed by atoms with Crippen molar-refractivity contribution in [1.29, 1.82) is 0 Å². The molecule has 2 heterocycles. The van der Waals surface area contributed by atoms with Gasteiger partial charge in [0.2, 0.25) is 5.91 Å². The molecule has 0 radical (unpaired) electrons. The van der Waals surface area contributed by atoms with Gasteiger partial charge in [-0.3, -0.25) is 4.79 Å². The highest BCUT2D eigenvalue weighted by Gasteiger charge is 2.56. The lowest BCUT2D eigenvalue weighted by Crippen LogP contribution is -2.58. The Morgan fingerprint density at radius 2 is 1.55 bits per heavy atom. The van der Waals surface area contributed by atoms with Gasteiger partial charge in [0.1, 0.15) is 0 Å². The minimum absolute atomic E-state index is 0.0185. The van der Waals surface area contributed by atoms with Gasteiger partial charge in [-0.05, 0) is 61.1 Å². The summed E-state index contributed by atoms with van der Waals surface area (Å²) in [6, 6.07) is 4.39. The van der Waals surface area contributed by atoms with E-state index < -0.39 is 65.2 Å². The van der Waals surface area contributed by atoms with Gasteiger partial charge in [0.25, 0.3) is 0 Å². The molecule has 2 fully saturated rings. The van der Waals surface area contributed by atoms with Gasteiger partial charge in [-0.2, -0.15) is 26.3 Å². The number of aliphatic hydroxyl groups excluding tert-OH is 3. The van der Waals surface area contributed by atoms with Crippen molar-refractivity contribution in [1.82, 2.24) is 14.7 Å². The highest BCUT2D eigenvalue weighted by Crippen LogP contribution is 2.49. The summed E-state index contributed by atoms with van der Waals surface area (Å²) in [5.74, 6) is -0.262. The number of nitrogens with zero attached hydrogens (tertiary/aromatic N) is 3. The van der Waals surface area contributed by atoms with E-state index in [-0.39, 0.29) is 57.5 Å². The number of hydrogen-bond donors (Lipinski definition) is 3. The molecule has 2 aliphatic heterocycles. The Morgan fingerprint density at radius 3 is 2.05 bits per heavy atom. The van der Waals surface area contributed by atoms with Crippen LogP contribution >= 0.6 is 0 Å². The van der Waals surface area contributed by atoms with E-state index in [4.69, 9.17) is 0 Å². The molecule has 0 aliphatic carbocycles. The topological polar surface area (TPSA) is 105 Å². The first kappa shape index (κ1) is 33.5. The van der Waals surface area contributed by atoms with Crippen molar-refractivity contribution in [2.24, 2.45) is 5.41 Å². The van der Waals surface area contributed by atoms with E-state index in [1.165, 1.54) is 11.9 Å². The van der Waals surface area contributed by atoms with E-state index in [1.807, 2.05) is 13.0 Å². The second kappa shape index (κ2) is 12.6. The van der Waals surface area contributed by atoms with E-state index in [0.29, 0.717) is 17.7 Å². The SMILES string of the molecule is Cc1ccccc1C1C2CC(CCO)(CCO)C(=O)N2CCN1C(=O)N(C)[C@@H](CO)c1cc(C(F)(F)F)cc(C(F)(F)F)c1. The molecule has 242 valence electrons. The van der Waals surface area contributed by atoms with Crippen LogP contribution in [0.15, 0.2) is 42.5 Å². The maximum Gasteiger partial charge on any atom is 0.416 e. The Morgan fingerprint density at radius 1 is 0.977 bits per heavy atom. The quantitative estimate of drug-likeness (QED) is 0.372. The maximum absolute atomic E-state index is 14.1. The smallest absolute Gasteiger partial charge is 0.396 e. The van der Waals surface area contributed by atoms with Crippen molar-refractivity contribution in [3.63, 3.8) is 0 Å². The fraction of sp³-hybridized carbons (Fsp3) is 0.533. The summed E-state index contributed by atoms with van der Waals surface area (Å²) >= 11 is 0. The zero-order chi connectivity index (χ0) is 32.6. The Balaban J connectivity index is 1.77. The summed E-state index contributed by atoms with van der Waals surface area (Å²) in [7, 11) is 1.19. The Labute approximate surface area is 250 Å². The van der Waals surface area contributed by atoms with Crippen LogP contribution in [0.4, 0.5) is 31.1 Å². The number of piperazine rings is 1. The summed E-state index contributed by atoms with van der Waals surface area (Å²) in [5, 5.41) is 29.7. The molecule has 2 aromatic rings. The molecule has 2 aromatic carbocycles. The number of halogens is 6. The molecule has 8 nitrogen and oxygen atoms in total. The van der Waals surface area contributed by atoms with E-state index >= 15 is 0 Å². The summed E-state index contributed by atoms with van der Waals surface area (Å²) in [4.78, 5) is 31.7. The van der Waals surface area contributed by atoms with Gasteiger partial charge in [0, 0.05) is 33.4 Å². The Kier molecular flexibility index (Phi) is 9.57. The van der Waals surface area contributed by atoms with Crippen molar-refractivity contribution in [3.05, 3.63) is 70.3 Å². The molecule has 2 unspecified atom stereocenters. The monoisotopic (exact) mass is 631 g/mol. The highest BCUT2D eigenvalue weighted by atomic mass is 19.4. The molecule has 0 bridgehead atoms. The Bertz CT molecular complexity index is 1330. The van der Waals surface area contributed by atoms with Crippen LogP contribution in [0.25, 0.3) is 0 Å². The number of fused-ring (bicyclic) bond motifs is 1. The van der Waals surface area contributed by atoms with Gasteiger partial charge in [0.15, 0.2) is 0 Å². The normalized spacial score (nSPS) is 20.9. The molecule has 44 heavy (non-hydrogen) atoms. The molecule has 3 amide bonds. The molecular weight excluding hydrogens is 596 g/mol. The third-order valence-corrected chi connectivity index (χ3v) is 8.87. The van der Waals surface area contributed by atoms with Crippen LogP contribution in [0.3, 0.4) is 0 Å². The zero-order valence-electron chi connectivity index (χ0n) is 24.2. The summed E-state index contributed by atoms with van der Waals surface area (Å²) in [5.41, 5.74) is -3.29. The molecule has 3 N–H and O–H groups in total. The lowest BCUT2D eigenvalue weighted by molar-refractivity contribution is -0.143. The number of rotatable bonds is 8. The highest BCUT2D eigenvalue weighted by molar-refractivity contribution is 5.86. The van der Waals surface area contributed by atoms with Gasteiger partial charge in [-0.1, -0.05) is 24.3 Å². The first-order valence-electron chi connectivity index (χ1n) is 14.1. The van der Waals surface area contributed by atoms with Crippen LogP contribution < -0.4 is 0 Å². The first-order chi connectivity index (χ1) is 20.6. The number of carbonyl (C=O) groups is 2. The lowest BCUT2D eigenvalue weighted by atomic mass is 9.77. The third-order valence-electron chi connectivity index (χ3n) is 8.87. The van der Waals surface area contributed by atoms with E-state index in [2.05, 4.69) is 0 Å². The summed E-state index contributed by atoms with van der Waals surface area (Å²) in [6.07, 6.45) is -9.84. The number of urea groups is 1. The van der Waals surface area contributed by atoms with E-state index in [1.54, 1.807) is 23.1 Å². The van der Waals surface area contributed by atoms with Crippen LogP contribution in [0.1, 0.15) is 59.2 Å². The third kappa shape index (κ3) is 6.24. The van der Waals surface area contributed by atoms with Crippen molar-refractivity contribution in [2.75, 3.05) is 40.0 Å². The van der Waals surface area contributed by atoms with Crippen LogP contribution in [-0.4, -0.2) is 88.0 Å². The molecule has 2 aliphatic rings. The summed E-state index contributed by atoms with van der Waals surface area (Å²) in [6.45, 7) is 0.296. The van der Waals surface area contributed by atoms with Crippen molar-refractivity contribution >= 4 is 11.9 Å². The van der Waals surface area contributed by atoms with Crippen LogP contribution in [0.5, 0.6) is 0 Å². The molecule has 2 saturated heterocycles. The van der Waals surface area contributed by atoms with E-state index in [9.17, 15) is 51.3 Å². The number of carbonyl (C=O) groups excluding carboxylic acids is 2. The molecule has 0 aromatic heterocycles. The second-order valence-electron chi connectivity index (χ2n) is 11.4. The molecule has 3 atom stereocenters. The number of likely N-dealkylation sites (N-methyl/N-ethyl adjacent to an activating group) is 1. The van der Waals surface area contributed by atoms with Gasteiger partial charge in [-0.15, -0.1) is 0 Å². The molecule has 14 heteroatoms. The second-order valence-corrected chi connectivity index (χ2v) is 11.4. The minimum atomic E-state index is -5.12. The van der Waals surface area contributed by atoms with E-state index in [0.717, 1.165) is 10.5 Å². The lowest BCUT2D eigenvalue weighted by Gasteiger charge is -2.47. The standard InChI is InChI=1S/C30H35F6N3O5/c1-18-5-3-4-6-22(18)25-23-16-28(7-11-40,8-12-41)26(43)38(23)9-10-39(25)27(44)37(2)24(17-42)19-13-20(29(31,32)33)15-21(14-19)30(34,35)36/h3-6,13-15,23-25,40-42H,7-12,16-17H2,1-2H3/t23?,24-,25?/m0/s1. The van der Waals surface area contributed by atoms with Crippen molar-refractivity contribution < 1.29 is 51.3 Å². The maximum atomic E-state index is 14.1. The van der Waals surface area contributed by atoms with Gasteiger partial charge in [-0.25, -0.2) is 4.79 Å². The first-order valence-corrected chi connectivity index (χ1v) is 14.1. The summed E-state index contributed by atoms with van der Waals surface area (Å²) < 4.78 is 81.5. The van der Waals surface area contributed by atoms with Crippen molar-refractivity contribution in [2.45, 2.75) is 56.7 Å². The van der Waals surface area contributed by atoms with Gasteiger partial charge in [0.05, 0.1) is 41.3 Å².